The summed E-state index contributed by atoms with van der Waals surface area (Å²) < 4.78 is 7.41. The van der Waals surface area contributed by atoms with Gasteiger partial charge in [0.2, 0.25) is 5.88 Å². The van der Waals surface area contributed by atoms with Crippen molar-refractivity contribution < 1.29 is 9.53 Å². The van der Waals surface area contributed by atoms with Crippen molar-refractivity contribution in [3.8, 4) is 5.88 Å². The van der Waals surface area contributed by atoms with E-state index in [4.69, 9.17) is 4.74 Å². The monoisotopic (exact) mass is 315 g/mol. The summed E-state index contributed by atoms with van der Waals surface area (Å²) in [6.45, 7) is 2.90. The quantitative estimate of drug-likeness (QED) is 0.840. The lowest BCUT2D eigenvalue weighted by Crippen LogP contribution is -2.42. The maximum Gasteiger partial charge on any atom is 0.275 e. The highest BCUT2D eigenvalue weighted by atomic mass is 79.9. The number of carbonyl (C=O) groups excluding carboxylic acids is 1. The standard InChI is InChI=1S/C12H18BrN3O2/c1-8-6-4-5-7-16(8)11(17)10-9(13)12(18-3)15(2)14-10/h8H,4-7H2,1-3H3/t8-/m0/s1. The minimum atomic E-state index is -0.0204. The third kappa shape index (κ3) is 2.25. The number of rotatable bonds is 2. The molecule has 0 radical (unpaired) electrons. The molecule has 1 saturated heterocycles. The number of ether oxygens (including phenoxy) is 1. The van der Waals surface area contributed by atoms with Crippen LogP contribution in [0.25, 0.3) is 0 Å². The minimum absolute atomic E-state index is 0.0204. The van der Waals surface area contributed by atoms with Crippen molar-refractivity contribution in [2.24, 2.45) is 7.05 Å². The number of hydrogen-bond donors (Lipinski definition) is 0. The van der Waals surface area contributed by atoms with Crippen LogP contribution in [0, 0.1) is 0 Å². The van der Waals surface area contributed by atoms with Gasteiger partial charge in [-0.05, 0) is 42.1 Å². The number of likely N-dealkylation sites (tertiary alicyclic amines) is 1. The zero-order valence-corrected chi connectivity index (χ0v) is 12.5. The molecule has 2 rings (SSSR count). The molecule has 1 aromatic heterocycles. The zero-order valence-electron chi connectivity index (χ0n) is 10.9. The van der Waals surface area contributed by atoms with Gasteiger partial charge < -0.3 is 9.64 Å². The van der Waals surface area contributed by atoms with Crippen molar-refractivity contribution >= 4 is 21.8 Å². The topological polar surface area (TPSA) is 47.4 Å². The highest BCUT2D eigenvalue weighted by Crippen LogP contribution is 2.30. The second kappa shape index (κ2) is 5.30. The molecule has 6 heteroatoms. The van der Waals surface area contributed by atoms with E-state index in [0.717, 1.165) is 19.4 Å². The molecule has 1 atom stereocenters. The van der Waals surface area contributed by atoms with Gasteiger partial charge in [0, 0.05) is 19.6 Å². The number of hydrogen-bond acceptors (Lipinski definition) is 3. The molecule has 2 heterocycles. The van der Waals surface area contributed by atoms with E-state index in [9.17, 15) is 4.79 Å². The van der Waals surface area contributed by atoms with Gasteiger partial charge >= 0.3 is 0 Å². The summed E-state index contributed by atoms with van der Waals surface area (Å²) in [6.07, 6.45) is 3.32. The fourth-order valence-corrected chi connectivity index (χ4v) is 3.04. The number of methoxy groups -OCH3 is 1. The van der Waals surface area contributed by atoms with E-state index >= 15 is 0 Å². The molecule has 5 nitrogen and oxygen atoms in total. The van der Waals surface area contributed by atoms with Crippen LogP contribution in [0.4, 0.5) is 0 Å². The largest absolute Gasteiger partial charge is 0.480 e. The highest BCUT2D eigenvalue weighted by molar-refractivity contribution is 9.10. The van der Waals surface area contributed by atoms with Gasteiger partial charge in [-0.1, -0.05) is 0 Å². The predicted octanol–water partition coefficient (Wildman–Crippen LogP) is 2.21. The lowest BCUT2D eigenvalue weighted by molar-refractivity contribution is 0.0627. The number of carbonyl (C=O) groups is 1. The van der Waals surface area contributed by atoms with Crippen LogP contribution in [0.1, 0.15) is 36.7 Å². The first-order valence-corrected chi connectivity index (χ1v) is 6.93. The molecule has 0 spiro atoms. The third-order valence-electron chi connectivity index (χ3n) is 3.40. The maximum atomic E-state index is 12.5. The van der Waals surface area contributed by atoms with Crippen molar-refractivity contribution in [3.05, 3.63) is 10.2 Å². The Labute approximate surface area is 115 Å². The van der Waals surface area contributed by atoms with E-state index < -0.39 is 0 Å². The first-order valence-electron chi connectivity index (χ1n) is 6.13. The number of amides is 1. The van der Waals surface area contributed by atoms with E-state index in [0.29, 0.717) is 16.0 Å². The molecule has 1 fully saturated rings. The van der Waals surface area contributed by atoms with E-state index in [1.165, 1.54) is 6.42 Å². The van der Waals surface area contributed by atoms with Crippen LogP contribution in [-0.4, -0.2) is 40.3 Å². The van der Waals surface area contributed by atoms with Gasteiger partial charge in [0.05, 0.1) is 7.11 Å². The predicted molar refractivity (Wildman–Crippen MR) is 71.8 cm³/mol. The summed E-state index contributed by atoms with van der Waals surface area (Å²) in [5.74, 6) is 0.552. The minimum Gasteiger partial charge on any atom is -0.480 e. The number of aromatic nitrogens is 2. The average Bonchev–Trinajstić information content (AvgIpc) is 2.64. The fraction of sp³-hybridized carbons (Fsp3) is 0.667. The van der Waals surface area contributed by atoms with Crippen molar-refractivity contribution in [1.82, 2.24) is 14.7 Å². The van der Waals surface area contributed by atoms with E-state index in [1.807, 2.05) is 4.90 Å². The van der Waals surface area contributed by atoms with Gasteiger partial charge in [-0.25, -0.2) is 4.68 Å². The maximum absolute atomic E-state index is 12.5. The molecule has 0 saturated carbocycles. The molecular formula is C12H18BrN3O2. The normalized spacial score (nSPS) is 20.0. The smallest absolute Gasteiger partial charge is 0.275 e. The molecule has 0 unspecified atom stereocenters. The van der Waals surface area contributed by atoms with Crippen LogP contribution < -0.4 is 4.74 Å². The van der Waals surface area contributed by atoms with Crippen LogP contribution in [-0.2, 0) is 7.05 Å². The summed E-state index contributed by atoms with van der Waals surface area (Å²) in [5.41, 5.74) is 0.433. The third-order valence-corrected chi connectivity index (χ3v) is 4.11. The molecule has 1 aliphatic rings. The number of piperidine rings is 1. The molecule has 0 bridgehead atoms. The van der Waals surface area contributed by atoms with Crippen molar-refractivity contribution in [2.45, 2.75) is 32.2 Å². The molecule has 18 heavy (non-hydrogen) atoms. The number of halogens is 1. The molecular weight excluding hydrogens is 298 g/mol. The Morgan fingerprint density at radius 1 is 1.50 bits per heavy atom. The Hall–Kier alpha value is -1.04. The van der Waals surface area contributed by atoms with Crippen LogP contribution in [0.5, 0.6) is 5.88 Å². The Morgan fingerprint density at radius 3 is 2.78 bits per heavy atom. The van der Waals surface area contributed by atoms with Gasteiger partial charge in [0.25, 0.3) is 5.91 Å². The van der Waals surface area contributed by atoms with Gasteiger partial charge in [0.1, 0.15) is 4.47 Å². The Morgan fingerprint density at radius 2 is 2.22 bits per heavy atom. The second-order valence-corrected chi connectivity index (χ2v) is 5.43. The Balaban J connectivity index is 2.28. The van der Waals surface area contributed by atoms with Crippen LogP contribution in [0.2, 0.25) is 0 Å². The number of nitrogens with zero attached hydrogens (tertiary/aromatic N) is 3. The summed E-state index contributed by atoms with van der Waals surface area (Å²) in [7, 11) is 3.33. The van der Waals surface area contributed by atoms with Gasteiger partial charge in [-0.2, -0.15) is 5.10 Å². The van der Waals surface area contributed by atoms with E-state index in [-0.39, 0.29) is 11.9 Å². The summed E-state index contributed by atoms with van der Waals surface area (Å²) >= 11 is 3.39. The summed E-state index contributed by atoms with van der Waals surface area (Å²) in [6, 6.07) is 0.283. The first-order chi connectivity index (χ1) is 8.56. The summed E-state index contributed by atoms with van der Waals surface area (Å²) in [4.78, 5) is 14.4. The highest BCUT2D eigenvalue weighted by Gasteiger charge is 2.29. The molecule has 1 amide bonds. The van der Waals surface area contributed by atoms with Crippen molar-refractivity contribution in [2.75, 3.05) is 13.7 Å². The molecule has 0 aromatic carbocycles. The Bertz CT molecular complexity index is 458. The molecule has 0 aliphatic carbocycles. The molecule has 100 valence electrons. The molecule has 1 aliphatic heterocycles. The summed E-state index contributed by atoms with van der Waals surface area (Å²) in [5, 5.41) is 4.24. The fourth-order valence-electron chi connectivity index (χ4n) is 2.38. The van der Waals surface area contributed by atoms with E-state index in [1.54, 1.807) is 18.8 Å². The lowest BCUT2D eigenvalue weighted by atomic mass is 10.0. The first kappa shape index (κ1) is 13.4. The van der Waals surface area contributed by atoms with Crippen LogP contribution in [0.3, 0.4) is 0 Å². The average molecular weight is 316 g/mol. The van der Waals surface area contributed by atoms with Gasteiger partial charge in [-0.15, -0.1) is 0 Å². The zero-order chi connectivity index (χ0) is 13.3. The molecule has 0 N–H and O–H groups in total. The molecule has 1 aromatic rings. The Kier molecular flexibility index (Phi) is 3.94. The van der Waals surface area contributed by atoms with Crippen LogP contribution >= 0.6 is 15.9 Å². The number of aryl methyl sites for hydroxylation is 1. The van der Waals surface area contributed by atoms with E-state index in [2.05, 4.69) is 28.0 Å². The second-order valence-electron chi connectivity index (χ2n) is 4.64. The van der Waals surface area contributed by atoms with Crippen molar-refractivity contribution in [3.63, 3.8) is 0 Å². The SMILES string of the molecule is COc1c(Br)c(C(=O)N2CCCC[C@@H]2C)nn1C. The van der Waals surface area contributed by atoms with Gasteiger partial charge in [0.15, 0.2) is 5.69 Å². The lowest BCUT2D eigenvalue weighted by Gasteiger charge is -2.32. The van der Waals surface area contributed by atoms with Crippen LogP contribution in [0.15, 0.2) is 4.47 Å². The van der Waals surface area contributed by atoms with Crippen molar-refractivity contribution in [1.29, 1.82) is 0 Å². The van der Waals surface area contributed by atoms with Gasteiger partial charge in [-0.3, -0.25) is 4.79 Å².